The minimum absolute atomic E-state index is 0.332. The van der Waals surface area contributed by atoms with E-state index in [4.69, 9.17) is 25.1 Å². The Morgan fingerprint density at radius 2 is 1.30 bits per heavy atom. The van der Waals surface area contributed by atoms with E-state index in [-0.39, 0.29) is 5.97 Å². The number of pyridine rings is 1. The van der Waals surface area contributed by atoms with Crippen LogP contribution in [0, 0.1) is 6.92 Å². The van der Waals surface area contributed by atoms with Gasteiger partial charge in [-0.3, -0.25) is 4.98 Å². The minimum Gasteiger partial charge on any atom is -0.465 e. The van der Waals surface area contributed by atoms with Crippen LogP contribution in [0.2, 0.25) is 0 Å². The second kappa shape index (κ2) is 16.6. The van der Waals surface area contributed by atoms with Crippen molar-refractivity contribution in [3.05, 3.63) is 202 Å². The number of aryl methyl sites for hydroxylation is 2. The van der Waals surface area contributed by atoms with Gasteiger partial charge in [0.2, 0.25) is 5.82 Å². The Morgan fingerprint density at radius 1 is 0.702 bits per heavy atom. The fraction of sp³-hybridized carbons (Fsp3) is 0.180. The monoisotopic (exact) mass is 747 g/mol. The lowest BCUT2D eigenvalue weighted by Crippen LogP contribution is -2.39. The summed E-state index contributed by atoms with van der Waals surface area (Å²) in [6.45, 7) is 4.23. The van der Waals surface area contributed by atoms with Crippen LogP contribution >= 0.6 is 0 Å². The molecule has 8 aromatic rings. The fourth-order valence-corrected chi connectivity index (χ4v) is 8.03. The first kappa shape index (κ1) is 37.2. The van der Waals surface area contributed by atoms with Crippen LogP contribution in [0.5, 0.6) is 0 Å². The quantitative estimate of drug-likeness (QED) is 0.0663. The van der Waals surface area contributed by atoms with Gasteiger partial charge in [0.1, 0.15) is 0 Å². The molecule has 0 N–H and O–H groups in total. The second-order valence-corrected chi connectivity index (χ2v) is 14.5. The molecular weight excluding hydrogens is 703 g/mol. The Labute approximate surface area is 334 Å². The summed E-state index contributed by atoms with van der Waals surface area (Å²) < 4.78 is 5.39. The van der Waals surface area contributed by atoms with E-state index in [0.717, 1.165) is 92.4 Å². The third-order valence-electron chi connectivity index (χ3n) is 10.8. The van der Waals surface area contributed by atoms with Gasteiger partial charge in [0.15, 0.2) is 5.54 Å². The molecule has 0 spiro atoms. The zero-order valence-corrected chi connectivity index (χ0v) is 32.6. The number of esters is 1. The van der Waals surface area contributed by atoms with E-state index in [2.05, 4.69) is 73.7 Å². The normalized spacial score (nSPS) is 11.5. The molecule has 0 aliphatic carbocycles. The standard InChI is InChI=1S/C50H45N5O2/c1-4-5-9-26-45-44(47(49(56)57-3)43-33-35(2)27-32-46(43)51-45)34-36-28-30-37(31-29-36)41-24-16-17-25-42(41)48-52-54-55(53-48)50(38-18-10-6-11-19-38,39-20-12-7-13-21-39)40-22-14-8-15-23-40/h6-8,10-25,27-33H,4-5,9,26,34H2,1-3H3. The number of ether oxygens (including phenoxy) is 1. The number of unbranched alkanes of at least 4 members (excludes halogenated alkanes) is 2. The Balaban J connectivity index is 1.18. The van der Waals surface area contributed by atoms with Crippen LogP contribution in [-0.4, -0.2) is 38.3 Å². The van der Waals surface area contributed by atoms with Gasteiger partial charge in [-0.25, -0.2) is 4.79 Å². The zero-order chi connectivity index (χ0) is 39.2. The molecular formula is C50H45N5O2. The summed E-state index contributed by atoms with van der Waals surface area (Å²) in [5, 5.41) is 15.6. The minimum atomic E-state index is -0.875. The number of hydrogen-bond donors (Lipinski definition) is 0. The van der Waals surface area contributed by atoms with Gasteiger partial charge in [-0.1, -0.05) is 171 Å². The van der Waals surface area contributed by atoms with E-state index in [9.17, 15) is 4.79 Å². The average Bonchev–Trinajstić information content (AvgIpc) is 3.76. The highest BCUT2D eigenvalue weighted by Crippen LogP contribution is 2.40. The lowest BCUT2D eigenvalue weighted by Gasteiger charge is -2.34. The summed E-state index contributed by atoms with van der Waals surface area (Å²) in [5.74, 6) is 0.195. The number of tetrazole rings is 1. The number of benzene rings is 6. The molecule has 282 valence electrons. The molecule has 57 heavy (non-hydrogen) atoms. The van der Waals surface area contributed by atoms with Crippen molar-refractivity contribution in [2.45, 2.75) is 51.5 Å². The Bertz CT molecular complexity index is 2520. The van der Waals surface area contributed by atoms with Gasteiger partial charge in [-0.05, 0) is 76.1 Å². The third kappa shape index (κ3) is 7.25. The molecule has 7 heteroatoms. The lowest BCUT2D eigenvalue weighted by atomic mass is 9.77. The molecule has 0 saturated carbocycles. The Morgan fingerprint density at radius 3 is 1.89 bits per heavy atom. The summed E-state index contributed by atoms with van der Waals surface area (Å²) >= 11 is 0. The summed E-state index contributed by atoms with van der Waals surface area (Å²) in [4.78, 5) is 20.4. The number of fused-ring (bicyclic) bond motifs is 1. The van der Waals surface area contributed by atoms with Crippen LogP contribution in [0.4, 0.5) is 0 Å². The van der Waals surface area contributed by atoms with Crippen LogP contribution in [0.15, 0.2) is 158 Å². The smallest absolute Gasteiger partial charge is 0.338 e. The van der Waals surface area contributed by atoms with Crippen molar-refractivity contribution in [3.8, 4) is 22.5 Å². The average molecular weight is 748 g/mol. The molecule has 2 aromatic heterocycles. The number of aromatic nitrogens is 5. The maximum atomic E-state index is 13.5. The van der Waals surface area contributed by atoms with E-state index >= 15 is 0 Å². The van der Waals surface area contributed by atoms with Crippen LogP contribution < -0.4 is 0 Å². The van der Waals surface area contributed by atoms with Crippen molar-refractivity contribution < 1.29 is 9.53 Å². The highest BCUT2D eigenvalue weighted by Gasteiger charge is 2.41. The van der Waals surface area contributed by atoms with Gasteiger partial charge < -0.3 is 4.74 Å². The molecule has 0 aliphatic rings. The van der Waals surface area contributed by atoms with Crippen LogP contribution in [0.3, 0.4) is 0 Å². The fourth-order valence-electron chi connectivity index (χ4n) is 8.03. The topological polar surface area (TPSA) is 82.8 Å². The number of carbonyl (C=O) groups excluding carboxylic acids is 1. The molecule has 0 radical (unpaired) electrons. The van der Waals surface area contributed by atoms with E-state index in [1.807, 2.05) is 97.9 Å². The van der Waals surface area contributed by atoms with Crippen molar-refractivity contribution >= 4 is 16.9 Å². The number of rotatable bonds is 13. The van der Waals surface area contributed by atoms with Gasteiger partial charge >= 0.3 is 5.97 Å². The van der Waals surface area contributed by atoms with Crippen molar-refractivity contribution in [1.82, 2.24) is 25.2 Å². The molecule has 0 atom stereocenters. The zero-order valence-electron chi connectivity index (χ0n) is 32.6. The van der Waals surface area contributed by atoms with Gasteiger partial charge in [-0.15, -0.1) is 15.0 Å². The summed E-state index contributed by atoms with van der Waals surface area (Å²) in [5.41, 5.74) is 10.6. The third-order valence-corrected chi connectivity index (χ3v) is 10.8. The molecule has 0 fully saturated rings. The summed E-state index contributed by atoms with van der Waals surface area (Å²) in [6, 6.07) is 53.9. The predicted molar refractivity (Wildman–Crippen MR) is 227 cm³/mol. The predicted octanol–water partition coefficient (Wildman–Crippen LogP) is 10.8. The van der Waals surface area contributed by atoms with Gasteiger partial charge in [0.25, 0.3) is 0 Å². The number of carbonyl (C=O) groups is 1. The van der Waals surface area contributed by atoms with Crippen molar-refractivity contribution in [3.63, 3.8) is 0 Å². The van der Waals surface area contributed by atoms with E-state index in [1.54, 1.807) is 4.80 Å². The first-order chi connectivity index (χ1) is 28.0. The van der Waals surface area contributed by atoms with Crippen molar-refractivity contribution in [2.75, 3.05) is 7.11 Å². The second-order valence-electron chi connectivity index (χ2n) is 14.5. The van der Waals surface area contributed by atoms with Gasteiger partial charge in [0.05, 0.1) is 18.2 Å². The molecule has 0 saturated heterocycles. The van der Waals surface area contributed by atoms with Crippen molar-refractivity contribution in [1.29, 1.82) is 0 Å². The SMILES string of the molecule is CCCCCc1nc2ccc(C)cc2c(C(=O)OC)c1Cc1ccc(-c2ccccc2-c2nnn(C(c3ccccc3)(c3ccccc3)c3ccccc3)n2)cc1. The van der Waals surface area contributed by atoms with Crippen molar-refractivity contribution in [2.24, 2.45) is 0 Å². The number of methoxy groups -OCH3 is 1. The largest absolute Gasteiger partial charge is 0.465 e. The van der Waals surface area contributed by atoms with Gasteiger partial charge in [0, 0.05) is 23.1 Å². The van der Waals surface area contributed by atoms with Crippen LogP contribution in [-0.2, 0) is 23.1 Å². The van der Waals surface area contributed by atoms with E-state index < -0.39 is 5.54 Å². The number of nitrogens with zero attached hydrogens (tertiary/aromatic N) is 5. The molecule has 2 heterocycles. The first-order valence-corrected chi connectivity index (χ1v) is 19.7. The molecule has 0 unspecified atom stereocenters. The van der Waals surface area contributed by atoms with E-state index in [1.165, 1.54) is 7.11 Å². The highest BCUT2D eigenvalue weighted by atomic mass is 16.5. The lowest BCUT2D eigenvalue weighted by molar-refractivity contribution is 0.0601. The molecule has 0 bridgehead atoms. The van der Waals surface area contributed by atoms with E-state index in [0.29, 0.717) is 17.8 Å². The molecule has 7 nitrogen and oxygen atoms in total. The summed E-state index contributed by atoms with van der Waals surface area (Å²) in [7, 11) is 1.45. The highest BCUT2D eigenvalue weighted by molar-refractivity contribution is 6.05. The Kier molecular flexibility index (Phi) is 10.8. The number of hydrogen-bond acceptors (Lipinski definition) is 6. The summed E-state index contributed by atoms with van der Waals surface area (Å²) in [6.07, 6.45) is 4.57. The molecule has 6 aromatic carbocycles. The first-order valence-electron chi connectivity index (χ1n) is 19.7. The maximum Gasteiger partial charge on any atom is 0.338 e. The molecule has 0 amide bonds. The maximum absolute atomic E-state index is 13.5. The van der Waals surface area contributed by atoms with Crippen LogP contribution in [0.1, 0.15) is 75.6 Å². The van der Waals surface area contributed by atoms with Gasteiger partial charge in [-0.2, -0.15) is 0 Å². The molecule has 0 aliphatic heterocycles. The molecule has 8 rings (SSSR count). The Hall–Kier alpha value is -6.73. The van der Waals surface area contributed by atoms with Crippen LogP contribution in [0.25, 0.3) is 33.4 Å².